The molecule has 0 radical (unpaired) electrons. The average molecular weight is 1110 g/mol. The van der Waals surface area contributed by atoms with Crippen molar-refractivity contribution in [2.45, 2.75) is 58.5 Å². The second-order valence-electron chi connectivity index (χ2n) is 18.3. The van der Waals surface area contributed by atoms with Crippen LogP contribution < -0.4 is 49.0 Å². The summed E-state index contributed by atoms with van der Waals surface area (Å²) in [6, 6.07) is 9.46. The molecule has 386 valence electrons. The van der Waals surface area contributed by atoms with E-state index in [1.807, 2.05) is 0 Å². The number of halogens is 4. The molecule has 0 bridgehead atoms. The molecule has 7 N–H and O–H groups in total. The van der Waals surface area contributed by atoms with Crippen LogP contribution in [0.25, 0.3) is 32.7 Å². The molecule has 0 atom stereocenters. The van der Waals surface area contributed by atoms with Crippen LogP contribution in [0.4, 0.5) is 28.7 Å². The summed E-state index contributed by atoms with van der Waals surface area (Å²) in [5.41, 5.74) is 4.82. The van der Waals surface area contributed by atoms with Crippen molar-refractivity contribution in [3.8, 4) is 0 Å². The number of pyridine rings is 6. The molecular formula is C48H40Cl4N18O6. The Balaban J connectivity index is 0.000000130. The molecule has 9 aromatic heterocycles. The molecule has 12 rings (SSSR count). The number of anilines is 5. The summed E-state index contributed by atoms with van der Waals surface area (Å²) in [4.78, 5) is 110. The number of hydrogen-bond acceptors (Lipinski definition) is 18. The average Bonchev–Trinajstić information content (AvgIpc) is 3.90. The first-order valence-electron chi connectivity index (χ1n) is 22.4. The van der Waals surface area contributed by atoms with Crippen LogP contribution in [-0.2, 0) is 17.0 Å². The Hall–Kier alpha value is -8.71. The van der Waals surface area contributed by atoms with E-state index < -0.39 is 22.5 Å². The minimum Gasteiger partial charge on any atom is -0.394 e. The van der Waals surface area contributed by atoms with Crippen molar-refractivity contribution >= 4 is 126 Å². The highest BCUT2D eigenvalue weighted by molar-refractivity contribution is 6.35. The molecule has 3 amide bonds. The summed E-state index contributed by atoms with van der Waals surface area (Å²) in [7, 11) is 0. The van der Waals surface area contributed by atoms with E-state index in [1.165, 1.54) is 50.9 Å². The smallest absolute Gasteiger partial charge is 0.276 e. The highest BCUT2D eigenvalue weighted by Gasteiger charge is 2.40. The summed E-state index contributed by atoms with van der Waals surface area (Å²) in [6.07, 6.45) is 14.0. The zero-order valence-electron chi connectivity index (χ0n) is 40.6. The van der Waals surface area contributed by atoms with Gasteiger partial charge in [-0.15, -0.1) is 0 Å². The van der Waals surface area contributed by atoms with Crippen LogP contribution in [0.3, 0.4) is 0 Å². The van der Waals surface area contributed by atoms with Crippen molar-refractivity contribution in [2.75, 3.05) is 16.4 Å². The van der Waals surface area contributed by atoms with Crippen LogP contribution in [0.2, 0.25) is 20.2 Å². The number of nitrogens with zero attached hydrogens (tertiary/aromatic N) is 12. The zero-order chi connectivity index (χ0) is 54.6. The number of carbonyl (C=O) groups excluding carboxylic acids is 3. The number of rotatable bonds is 4. The fourth-order valence-corrected chi connectivity index (χ4v) is 9.56. The molecule has 28 heteroatoms. The lowest BCUT2D eigenvalue weighted by Crippen LogP contribution is -2.42. The molecule has 9 aromatic rings. The SMILES string of the molecule is CC1(C)NC(=O)c2c(Cl)cc(N)c(=O)n21.CC1(C)NC(=O)c2c(Cl)cc(Nc3ncnc4cnccc34)c(=O)n21.CC1(C)NC(=O)c2c(Cl)cc(Nc3ncnc4cnccc34)c(=O)n21.Clc1ncnc2cnccc12. The minimum atomic E-state index is -0.873. The standard InChI is InChI=1S/2C16H13ClN6O2.C9H10ClN3O2.C7H4ClN3/c2*1-16(2)22-14(24)12-9(17)5-10(15(25)23(12)16)21-13-8-3-4-18-6-11(8)19-7-20-13;1-9(2)12-7(14)6-4(10)3-5(11)8(15)13(6)9;8-7-5-1-2-9-3-6(5)10-4-11-7/h2*3-7H,1-2H3,(H,22,24)(H,19,20,21);3H,11H2,1-2H3,(H,12,14);1-4H. The normalized spacial score (nSPS) is 14.8. The minimum absolute atomic E-state index is 0.0355. The Labute approximate surface area is 448 Å². The van der Waals surface area contributed by atoms with E-state index in [1.54, 1.807) is 96.9 Å². The van der Waals surface area contributed by atoms with Gasteiger partial charge in [-0.05, 0) is 77.9 Å². The van der Waals surface area contributed by atoms with Crippen molar-refractivity contribution < 1.29 is 14.4 Å². The van der Waals surface area contributed by atoms with Crippen LogP contribution in [0.15, 0.2) is 107 Å². The van der Waals surface area contributed by atoms with Crippen molar-refractivity contribution in [1.82, 2.24) is 74.5 Å². The number of carbonyl (C=O) groups is 3. The molecule has 76 heavy (non-hydrogen) atoms. The lowest BCUT2D eigenvalue weighted by Gasteiger charge is -2.22. The molecule has 0 saturated carbocycles. The van der Waals surface area contributed by atoms with Gasteiger partial charge < -0.3 is 32.3 Å². The van der Waals surface area contributed by atoms with Crippen LogP contribution >= 0.6 is 46.4 Å². The van der Waals surface area contributed by atoms with Gasteiger partial charge in [-0.25, -0.2) is 29.9 Å². The summed E-state index contributed by atoms with van der Waals surface area (Å²) in [5, 5.41) is 17.4. The summed E-state index contributed by atoms with van der Waals surface area (Å²) >= 11 is 24.1. The van der Waals surface area contributed by atoms with Crippen LogP contribution in [0, 0.1) is 0 Å². The van der Waals surface area contributed by atoms with Gasteiger partial charge in [0.25, 0.3) is 34.4 Å². The first-order chi connectivity index (χ1) is 36.0. The Morgan fingerprint density at radius 2 is 0.816 bits per heavy atom. The Kier molecular flexibility index (Phi) is 13.6. The molecule has 12 heterocycles. The van der Waals surface area contributed by atoms with E-state index in [9.17, 15) is 28.8 Å². The summed E-state index contributed by atoms with van der Waals surface area (Å²) in [6.45, 7) is 10.3. The Bertz CT molecular complexity index is 3900. The lowest BCUT2D eigenvalue weighted by molar-refractivity contribution is 0.0925. The second kappa shape index (κ2) is 19.9. The van der Waals surface area contributed by atoms with Gasteiger partial charge in [-0.2, -0.15) is 0 Å². The monoisotopic (exact) mass is 1100 g/mol. The number of nitrogens with two attached hydrogens (primary N) is 1. The number of nitrogens with one attached hydrogen (secondary N) is 5. The van der Waals surface area contributed by atoms with Gasteiger partial charge in [-0.1, -0.05) is 46.4 Å². The third-order valence-electron chi connectivity index (χ3n) is 11.8. The van der Waals surface area contributed by atoms with E-state index in [0.29, 0.717) is 38.6 Å². The van der Waals surface area contributed by atoms with E-state index in [-0.39, 0.29) is 78.1 Å². The number of amides is 3. The molecule has 0 aliphatic carbocycles. The molecular weight excluding hydrogens is 1070 g/mol. The number of fused-ring (bicyclic) bond motifs is 6. The number of nitrogen functional groups attached to an aromatic ring is 1. The lowest BCUT2D eigenvalue weighted by atomic mass is 10.2. The second-order valence-corrected chi connectivity index (χ2v) is 19.9. The first-order valence-corrected chi connectivity index (χ1v) is 23.9. The van der Waals surface area contributed by atoms with Crippen LogP contribution in [0.1, 0.15) is 73.0 Å². The van der Waals surface area contributed by atoms with Gasteiger partial charge >= 0.3 is 0 Å². The number of hydrogen-bond donors (Lipinski definition) is 6. The van der Waals surface area contributed by atoms with E-state index in [0.717, 1.165) is 10.9 Å². The largest absolute Gasteiger partial charge is 0.394 e. The van der Waals surface area contributed by atoms with Gasteiger partial charge in [0.15, 0.2) is 0 Å². The third kappa shape index (κ3) is 9.64. The van der Waals surface area contributed by atoms with Crippen molar-refractivity contribution in [1.29, 1.82) is 0 Å². The van der Waals surface area contributed by atoms with Gasteiger partial charge in [0, 0.05) is 34.7 Å². The molecule has 0 fully saturated rings. The predicted molar refractivity (Wildman–Crippen MR) is 285 cm³/mol. The number of aromatic nitrogens is 12. The van der Waals surface area contributed by atoms with Crippen LogP contribution in [0.5, 0.6) is 0 Å². The molecule has 0 unspecified atom stereocenters. The maximum atomic E-state index is 12.9. The quantitative estimate of drug-likeness (QED) is 0.106. The van der Waals surface area contributed by atoms with Gasteiger partial charge in [-0.3, -0.25) is 57.4 Å². The van der Waals surface area contributed by atoms with Crippen molar-refractivity contribution in [3.05, 3.63) is 161 Å². The maximum absolute atomic E-state index is 12.9. The highest BCUT2D eigenvalue weighted by atomic mass is 35.5. The first kappa shape index (κ1) is 52.2. The van der Waals surface area contributed by atoms with Crippen molar-refractivity contribution in [2.24, 2.45) is 0 Å². The van der Waals surface area contributed by atoms with Gasteiger partial charge in [0.2, 0.25) is 0 Å². The molecule has 0 saturated heterocycles. The third-order valence-corrected chi connectivity index (χ3v) is 13.0. The molecule has 0 aromatic carbocycles. The van der Waals surface area contributed by atoms with Gasteiger partial charge in [0.05, 0.1) is 55.9 Å². The fraction of sp³-hybridized carbons (Fsp3) is 0.188. The molecule has 3 aliphatic heterocycles. The predicted octanol–water partition coefficient (Wildman–Crippen LogP) is 6.24. The summed E-state index contributed by atoms with van der Waals surface area (Å²) < 4.78 is 3.99. The van der Waals surface area contributed by atoms with E-state index in [2.05, 4.69) is 71.4 Å². The fourth-order valence-electron chi connectivity index (χ4n) is 8.51. The maximum Gasteiger partial charge on any atom is 0.276 e. The van der Waals surface area contributed by atoms with E-state index in [4.69, 9.17) is 52.1 Å². The zero-order valence-corrected chi connectivity index (χ0v) is 43.6. The molecule has 24 nitrogen and oxygen atoms in total. The Morgan fingerprint density at radius 3 is 1.21 bits per heavy atom. The van der Waals surface area contributed by atoms with Crippen molar-refractivity contribution in [3.63, 3.8) is 0 Å². The van der Waals surface area contributed by atoms with E-state index >= 15 is 0 Å². The van der Waals surface area contributed by atoms with Crippen LogP contribution in [-0.4, -0.2) is 76.3 Å². The molecule has 3 aliphatic rings. The summed E-state index contributed by atoms with van der Waals surface area (Å²) in [5.74, 6) is -0.205. The topological polar surface area (TPSA) is 319 Å². The van der Waals surface area contributed by atoms with Gasteiger partial charge in [0.1, 0.15) is 81.2 Å². The Morgan fingerprint density at radius 1 is 0.474 bits per heavy atom. The molecule has 0 spiro atoms. The highest BCUT2D eigenvalue weighted by Crippen LogP contribution is 2.32.